The minimum absolute atomic E-state index is 0.0156. The Bertz CT molecular complexity index is 435. The third-order valence-electron chi connectivity index (χ3n) is 2.78. The third-order valence-corrected chi connectivity index (χ3v) is 2.78. The molecule has 0 saturated heterocycles. The van der Waals surface area contributed by atoms with Crippen molar-refractivity contribution >= 4 is 5.69 Å². The number of nitrogens with two attached hydrogens (primary N) is 1. The van der Waals surface area contributed by atoms with E-state index in [-0.39, 0.29) is 23.4 Å². The Kier molecular flexibility index (Phi) is 4.01. The van der Waals surface area contributed by atoms with Crippen molar-refractivity contribution in [2.24, 2.45) is 5.73 Å². The van der Waals surface area contributed by atoms with Gasteiger partial charge in [-0.05, 0) is 13.0 Å². The van der Waals surface area contributed by atoms with Crippen LogP contribution in [0.5, 0.6) is 5.75 Å². The first-order chi connectivity index (χ1) is 7.88. The summed E-state index contributed by atoms with van der Waals surface area (Å²) in [5.74, 6) is -1.03. The summed E-state index contributed by atoms with van der Waals surface area (Å²) in [6.07, 6.45) is 0. The lowest BCUT2D eigenvalue weighted by atomic mass is 9.93. The summed E-state index contributed by atoms with van der Waals surface area (Å²) in [5, 5.41) is 10.9. The van der Waals surface area contributed by atoms with Crippen LogP contribution in [0.15, 0.2) is 12.1 Å². The highest BCUT2D eigenvalue weighted by molar-refractivity contribution is 5.48. The number of rotatable bonds is 4. The molecule has 0 heterocycles. The van der Waals surface area contributed by atoms with Gasteiger partial charge in [-0.25, -0.2) is 4.39 Å². The summed E-state index contributed by atoms with van der Waals surface area (Å²) in [4.78, 5) is 10.2. The van der Waals surface area contributed by atoms with E-state index < -0.39 is 10.7 Å². The highest BCUT2D eigenvalue weighted by Crippen LogP contribution is 2.33. The Hall–Kier alpha value is -1.69. The largest absolute Gasteiger partial charge is 0.494 e. The van der Waals surface area contributed by atoms with E-state index in [0.29, 0.717) is 5.56 Å². The van der Waals surface area contributed by atoms with E-state index in [9.17, 15) is 14.5 Å². The number of methoxy groups -OCH3 is 1. The molecule has 0 aromatic heterocycles. The fourth-order valence-corrected chi connectivity index (χ4v) is 1.52. The van der Waals surface area contributed by atoms with E-state index in [1.54, 1.807) is 13.8 Å². The van der Waals surface area contributed by atoms with Crippen LogP contribution in [0.3, 0.4) is 0 Å². The summed E-state index contributed by atoms with van der Waals surface area (Å²) in [6, 6.07) is 1.93. The van der Waals surface area contributed by atoms with Gasteiger partial charge in [-0.3, -0.25) is 10.1 Å². The molecule has 0 aliphatic rings. The van der Waals surface area contributed by atoms with Crippen molar-refractivity contribution in [1.29, 1.82) is 0 Å². The summed E-state index contributed by atoms with van der Waals surface area (Å²) in [7, 11) is 1.31. The fourth-order valence-electron chi connectivity index (χ4n) is 1.52. The van der Waals surface area contributed by atoms with Crippen LogP contribution >= 0.6 is 0 Å². The van der Waals surface area contributed by atoms with Crippen LogP contribution in [0, 0.1) is 15.9 Å². The first-order valence-corrected chi connectivity index (χ1v) is 5.15. The Balaban J connectivity index is 3.38. The van der Waals surface area contributed by atoms with Crippen molar-refractivity contribution in [3.8, 4) is 5.75 Å². The zero-order valence-electron chi connectivity index (χ0n) is 9.94. The molecule has 5 nitrogen and oxygen atoms in total. The first kappa shape index (κ1) is 13.4. The Morgan fingerprint density at radius 1 is 1.47 bits per heavy atom. The molecule has 0 bridgehead atoms. The predicted octanol–water partition coefficient (Wildman–Crippen LogP) is 2.19. The Labute approximate surface area is 98.5 Å². The number of nitro benzene ring substituents is 1. The van der Waals surface area contributed by atoms with Crippen molar-refractivity contribution < 1.29 is 14.1 Å². The highest BCUT2D eigenvalue weighted by atomic mass is 19.1. The number of hydrogen-bond donors (Lipinski definition) is 1. The molecule has 0 aliphatic heterocycles. The molecule has 6 heteroatoms. The van der Waals surface area contributed by atoms with Gasteiger partial charge in [0.25, 0.3) is 5.69 Å². The normalized spacial score (nSPS) is 14.2. The molecular weight excluding hydrogens is 227 g/mol. The molecule has 0 saturated carbocycles. The molecule has 2 unspecified atom stereocenters. The van der Waals surface area contributed by atoms with E-state index >= 15 is 0 Å². The number of benzene rings is 1. The molecule has 2 N–H and O–H groups in total. The number of halogens is 1. The number of nitrogens with zero attached hydrogens (tertiary/aromatic N) is 1. The van der Waals surface area contributed by atoms with Gasteiger partial charge in [0.2, 0.25) is 0 Å². The Morgan fingerprint density at radius 3 is 2.47 bits per heavy atom. The van der Waals surface area contributed by atoms with Crippen LogP contribution in [0.1, 0.15) is 25.3 Å². The van der Waals surface area contributed by atoms with Gasteiger partial charge in [0, 0.05) is 17.5 Å². The standard InChI is InChI=1S/C11H15FN2O3/c1-6(7(2)13)8-4-11(17-3)9(12)5-10(8)14(15)16/h4-7H,13H2,1-3H3. The van der Waals surface area contributed by atoms with Crippen molar-refractivity contribution in [3.63, 3.8) is 0 Å². The van der Waals surface area contributed by atoms with Crippen molar-refractivity contribution in [2.45, 2.75) is 25.8 Å². The molecule has 0 aliphatic carbocycles. The van der Waals surface area contributed by atoms with E-state index in [0.717, 1.165) is 6.07 Å². The number of hydrogen-bond acceptors (Lipinski definition) is 4. The topological polar surface area (TPSA) is 78.4 Å². The van der Waals surface area contributed by atoms with E-state index in [4.69, 9.17) is 10.5 Å². The molecule has 17 heavy (non-hydrogen) atoms. The summed E-state index contributed by atoms with van der Waals surface area (Å²) in [5.41, 5.74) is 5.82. The first-order valence-electron chi connectivity index (χ1n) is 5.15. The molecule has 0 spiro atoms. The predicted molar refractivity (Wildman–Crippen MR) is 61.7 cm³/mol. The summed E-state index contributed by atoms with van der Waals surface area (Å²) >= 11 is 0. The van der Waals surface area contributed by atoms with Crippen LogP contribution in [0.4, 0.5) is 10.1 Å². The molecule has 1 aromatic carbocycles. The van der Waals surface area contributed by atoms with Gasteiger partial charge in [0.15, 0.2) is 11.6 Å². The van der Waals surface area contributed by atoms with Gasteiger partial charge in [0.1, 0.15) is 0 Å². The van der Waals surface area contributed by atoms with Crippen LogP contribution in [-0.4, -0.2) is 18.1 Å². The molecule has 0 amide bonds. The minimum Gasteiger partial charge on any atom is -0.494 e. The minimum atomic E-state index is -0.750. The lowest BCUT2D eigenvalue weighted by Crippen LogP contribution is -2.23. The van der Waals surface area contributed by atoms with Crippen molar-refractivity contribution in [3.05, 3.63) is 33.6 Å². The molecule has 1 aromatic rings. The zero-order chi connectivity index (χ0) is 13.2. The number of nitro groups is 1. The van der Waals surface area contributed by atoms with Gasteiger partial charge in [-0.15, -0.1) is 0 Å². The second-order valence-corrected chi connectivity index (χ2v) is 3.95. The van der Waals surface area contributed by atoms with Crippen LogP contribution in [0.25, 0.3) is 0 Å². The van der Waals surface area contributed by atoms with Gasteiger partial charge in [-0.1, -0.05) is 6.92 Å². The molecule has 0 fully saturated rings. The molecule has 94 valence electrons. The number of ether oxygens (including phenoxy) is 1. The molecule has 2 atom stereocenters. The molecular formula is C11H15FN2O3. The van der Waals surface area contributed by atoms with Gasteiger partial charge < -0.3 is 10.5 Å². The average molecular weight is 242 g/mol. The van der Waals surface area contributed by atoms with E-state index in [1.165, 1.54) is 13.2 Å². The third kappa shape index (κ3) is 2.71. The van der Waals surface area contributed by atoms with Gasteiger partial charge in [0.05, 0.1) is 18.1 Å². The second-order valence-electron chi connectivity index (χ2n) is 3.95. The smallest absolute Gasteiger partial charge is 0.276 e. The lowest BCUT2D eigenvalue weighted by Gasteiger charge is -2.17. The maximum absolute atomic E-state index is 13.4. The van der Waals surface area contributed by atoms with Gasteiger partial charge >= 0.3 is 0 Å². The fraction of sp³-hybridized carbons (Fsp3) is 0.455. The maximum Gasteiger partial charge on any atom is 0.276 e. The van der Waals surface area contributed by atoms with Crippen molar-refractivity contribution in [2.75, 3.05) is 7.11 Å². The SMILES string of the molecule is COc1cc(C(C)C(C)N)c([N+](=O)[O-])cc1F. The van der Waals surface area contributed by atoms with Crippen LogP contribution in [-0.2, 0) is 0 Å². The zero-order valence-corrected chi connectivity index (χ0v) is 9.94. The van der Waals surface area contributed by atoms with Crippen LogP contribution < -0.4 is 10.5 Å². The quantitative estimate of drug-likeness (QED) is 0.648. The van der Waals surface area contributed by atoms with E-state index in [2.05, 4.69) is 0 Å². The monoisotopic (exact) mass is 242 g/mol. The van der Waals surface area contributed by atoms with E-state index in [1.807, 2.05) is 0 Å². The van der Waals surface area contributed by atoms with Crippen LogP contribution in [0.2, 0.25) is 0 Å². The average Bonchev–Trinajstić information content (AvgIpc) is 2.27. The Morgan fingerprint density at radius 2 is 2.06 bits per heavy atom. The lowest BCUT2D eigenvalue weighted by molar-refractivity contribution is -0.385. The van der Waals surface area contributed by atoms with Gasteiger partial charge in [-0.2, -0.15) is 0 Å². The maximum atomic E-state index is 13.4. The molecule has 1 rings (SSSR count). The highest BCUT2D eigenvalue weighted by Gasteiger charge is 2.24. The second kappa shape index (κ2) is 5.09. The molecule has 0 radical (unpaired) electrons. The summed E-state index contributed by atoms with van der Waals surface area (Å²) < 4.78 is 18.2. The summed E-state index contributed by atoms with van der Waals surface area (Å²) in [6.45, 7) is 3.49. The van der Waals surface area contributed by atoms with Crippen molar-refractivity contribution in [1.82, 2.24) is 0 Å².